The third-order valence-corrected chi connectivity index (χ3v) is 4.36. The van der Waals surface area contributed by atoms with E-state index in [1.807, 2.05) is 6.92 Å². The SMILES string of the molecule is CCOc1ccc(C(NC)C2CC2c2ccccc2)cc1. The highest BCUT2D eigenvalue weighted by molar-refractivity contribution is 5.33. The van der Waals surface area contributed by atoms with Crippen LogP contribution in [0.3, 0.4) is 0 Å². The van der Waals surface area contributed by atoms with Crippen LogP contribution in [0.4, 0.5) is 0 Å². The van der Waals surface area contributed by atoms with Crippen molar-refractivity contribution in [3.63, 3.8) is 0 Å². The van der Waals surface area contributed by atoms with Gasteiger partial charge in [0.05, 0.1) is 6.61 Å². The lowest BCUT2D eigenvalue weighted by molar-refractivity contribution is 0.340. The number of nitrogens with one attached hydrogen (secondary N) is 1. The van der Waals surface area contributed by atoms with Crippen molar-refractivity contribution in [1.82, 2.24) is 5.32 Å². The molecule has 1 fully saturated rings. The van der Waals surface area contributed by atoms with Crippen molar-refractivity contribution in [3.05, 3.63) is 65.7 Å². The summed E-state index contributed by atoms with van der Waals surface area (Å²) in [6.45, 7) is 2.73. The summed E-state index contributed by atoms with van der Waals surface area (Å²) < 4.78 is 5.52. The van der Waals surface area contributed by atoms with Gasteiger partial charge in [-0.1, -0.05) is 42.5 Å². The highest BCUT2D eigenvalue weighted by Crippen LogP contribution is 2.53. The predicted molar refractivity (Wildman–Crippen MR) is 86.7 cm³/mol. The smallest absolute Gasteiger partial charge is 0.119 e. The summed E-state index contributed by atoms with van der Waals surface area (Å²) in [4.78, 5) is 0. The third-order valence-electron chi connectivity index (χ3n) is 4.36. The number of hydrogen-bond acceptors (Lipinski definition) is 2. The van der Waals surface area contributed by atoms with Crippen LogP contribution in [0.15, 0.2) is 54.6 Å². The lowest BCUT2D eigenvalue weighted by Gasteiger charge is -2.17. The summed E-state index contributed by atoms with van der Waals surface area (Å²) in [5.41, 5.74) is 2.82. The van der Waals surface area contributed by atoms with E-state index in [4.69, 9.17) is 4.74 Å². The first-order valence-electron chi connectivity index (χ1n) is 7.78. The predicted octanol–water partition coefficient (Wildman–Crippen LogP) is 4.15. The highest BCUT2D eigenvalue weighted by atomic mass is 16.5. The Morgan fingerprint density at radius 1 is 1.10 bits per heavy atom. The minimum absolute atomic E-state index is 0.422. The standard InChI is InChI=1S/C19H23NO/c1-3-21-16-11-9-15(10-12-16)19(20-2)18-13-17(18)14-7-5-4-6-8-14/h4-12,17-20H,3,13H2,1-2H3. The Kier molecular flexibility index (Phi) is 4.26. The maximum atomic E-state index is 5.52. The average Bonchev–Trinajstić information content (AvgIpc) is 3.31. The first-order valence-corrected chi connectivity index (χ1v) is 7.78. The molecule has 3 atom stereocenters. The van der Waals surface area contributed by atoms with Crippen molar-refractivity contribution < 1.29 is 4.74 Å². The topological polar surface area (TPSA) is 21.3 Å². The Morgan fingerprint density at radius 3 is 2.43 bits per heavy atom. The van der Waals surface area contributed by atoms with Gasteiger partial charge in [-0.3, -0.25) is 0 Å². The Labute approximate surface area is 127 Å². The van der Waals surface area contributed by atoms with Gasteiger partial charge in [0.1, 0.15) is 5.75 Å². The van der Waals surface area contributed by atoms with Gasteiger partial charge in [0.15, 0.2) is 0 Å². The molecular weight excluding hydrogens is 258 g/mol. The number of benzene rings is 2. The van der Waals surface area contributed by atoms with Gasteiger partial charge in [-0.05, 0) is 55.5 Å². The molecule has 110 valence electrons. The third kappa shape index (κ3) is 3.11. The van der Waals surface area contributed by atoms with Crippen molar-refractivity contribution in [2.45, 2.75) is 25.3 Å². The molecule has 0 bridgehead atoms. The molecule has 2 nitrogen and oxygen atoms in total. The van der Waals surface area contributed by atoms with Crippen molar-refractivity contribution >= 4 is 0 Å². The molecule has 0 spiro atoms. The maximum Gasteiger partial charge on any atom is 0.119 e. The summed E-state index contributed by atoms with van der Waals surface area (Å²) in [6, 6.07) is 19.8. The Balaban J connectivity index is 1.71. The number of ether oxygens (including phenoxy) is 1. The molecule has 0 radical (unpaired) electrons. The van der Waals surface area contributed by atoms with Crippen LogP contribution < -0.4 is 10.1 Å². The molecule has 2 aromatic carbocycles. The van der Waals surface area contributed by atoms with E-state index >= 15 is 0 Å². The fraction of sp³-hybridized carbons (Fsp3) is 0.368. The van der Waals surface area contributed by atoms with Crippen LogP contribution in [-0.2, 0) is 0 Å². The van der Waals surface area contributed by atoms with Gasteiger partial charge < -0.3 is 10.1 Å². The van der Waals surface area contributed by atoms with E-state index in [1.165, 1.54) is 17.5 Å². The van der Waals surface area contributed by atoms with Crippen LogP contribution in [0.1, 0.15) is 36.4 Å². The molecule has 1 N–H and O–H groups in total. The molecule has 0 amide bonds. The molecule has 1 saturated carbocycles. The molecule has 0 saturated heterocycles. The Morgan fingerprint density at radius 2 is 1.81 bits per heavy atom. The molecule has 0 aromatic heterocycles. The van der Waals surface area contributed by atoms with E-state index < -0.39 is 0 Å². The van der Waals surface area contributed by atoms with Gasteiger partial charge in [0.25, 0.3) is 0 Å². The van der Waals surface area contributed by atoms with Crippen molar-refractivity contribution in [1.29, 1.82) is 0 Å². The van der Waals surface area contributed by atoms with Crippen molar-refractivity contribution in [2.75, 3.05) is 13.7 Å². The molecule has 1 aliphatic rings. The van der Waals surface area contributed by atoms with E-state index in [1.54, 1.807) is 0 Å². The Hall–Kier alpha value is -1.80. The minimum atomic E-state index is 0.422. The van der Waals surface area contributed by atoms with Crippen LogP contribution in [-0.4, -0.2) is 13.7 Å². The second-order valence-electron chi connectivity index (χ2n) is 5.69. The lowest BCUT2D eigenvalue weighted by Crippen LogP contribution is -2.19. The summed E-state index contributed by atoms with van der Waals surface area (Å²) in [5, 5.41) is 3.49. The van der Waals surface area contributed by atoms with Crippen molar-refractivity contribution in [2.24, 2.45) is 5.92 Å². The van der Waals surface area contributed by atoms with E-state index in [0.717, 1.165) is 5.75 Å². The Bertz CT molecular complexity index is 564. The van der Waals surface area contributed by atoms with E-state index in [0.29, 0.717) is 24.5 Å². The van der Waals surface area contributed by atoms with E-state index in [-0.39, 0.29) is 0 Å². The summed E-state index contributed by atoms with van der Waals surface area (Å²) in [5.74, 6) is 2.33. The van der Waals surface area contributed by atoms with Crippen LogP contribution in [0.25, 0.3) is 0 Å². The zero-order valence-corrected chi connectivity index (χ0v) is 12.8. The normalized spacial score (nSPS) is 21.8. The highest BCUT2D eigenvalue weighted by Gasteiger charge is 2.43. The van der Waals surface area contributed by atoms with Gasteiger partial charge in [0.2, 0.25) is 0 Å². The van der Waals surface area contributed by atoms with Gasteiger partial charge in [0, 0.05) is 6.04 Å². The molecule has 2 aromatic rings. The summed E-state index contributed by atoms with van der Waals surface area (Å²) in [7, 11) is 2.06. The first kappa shape index (κ1) is 14.2. The molecule has 3 rings (SSSR count). The van der Waals surface area contributed by atoms with Crippen molar-refractivity contribution in [3.8, 4) is 5.75 Å². The quantitative estimate of drug-likeness (QED) is 0.859. The largest absolute Gasteiger partial charge is 0.494 e. The fourth-order valence-corrected chi connectivity index (χ4v) is 3.23. The number of rotatable bonds is 6. The second-order valence-corrected chi connectivity index (χ2v) is 5.69. The van der Waals surface area contributed by atoms with Gasteiger partial charge in [-0.25, -0.2) is 0 Å². The zero-order chi connectivity index (χ0) is 14.7. The molecular formula is C19H23NO. The summed E-state index contributed by atoms with van der Waals surface area (Å²) >= 11 is 0. The molecule has 0 aliphatic heterocycles. The molecule has 0 heterocycles. The summed E-state index contributed by atoms with van der Waals surface area (Å²) in [6.07, 6.45) is 1.27. The van der Waals surface area contributed by atoms with E-state index in [2.05, 4.69) is 67.0 Å². The van der Waals surface area contributed by atoms with Crippen LogP contribution >= 0.6 is 0 Å². The zero-order valence-electron chi connectivity index (χ0n) is 12.8. The molecule has 21 heavy (non-hydrogen) atoms. The van der Waals surface area contributed by atoms with Crippen LogP contribution in [0, 0.1) is 5.92 Å². The molecule has 3 unspecified atom stereocenters. The van der Waals surface area contributed by atoms with Gasteiger partial charge in [-0.15, -0.1) is 0 Å². The molecule has 1 aliphatic carbocycles. The van der Waals surface area contributed by atoms with Gasteiger partial charge in [-0.2, -0.15) is 0 Å². The van der Waals surface area contributed by atoms with Gasteiger partial charge >= 0.3 is 0 Å². The minimum Gasteiger partial charge on any atom is -0.494 e. The maximum absolute atomic E-state index is 5.52. The average molecular weight is 281 g/mol. The van der Waals surface area contributed by atoms with Crippen LogP contribution in [0.5, 0.6) is 5.75 Å². The van der Waals surface area contributed by atoms with E-state index in [9.17, 15) is 0 Å². The fourth-order valence-electron chi connectivity index (χ4n) is 3.23. The number of hydrogen-bond donors (Lipinski definition) is 1. The lowest BCUT2D eigenvalue weighted by atomic mass is 9.99. The molecule has 2 heteroatoms. The first-order chi connectivity index (χ1) is 10.3. The monoisotopic (exact) mass is 281 g/mol. The van der Waals surface area contributed by atoms with Crippen LogP contribution in [0.2, 0.25) is 0 Å². The second kappa shape index (κ2) is 6.31.